The normalized spacial score (nSPS) is 10.8. The minimum Gasteiger partial charge on any atom is -0.370 e. The minimum atomic E-state index is 0.895. The van der Waals surface area contributed by atoms with Gasteiger partial charge in [0.05, 0.1) is 5.52 Å². The van der Waals surface area contributed by atoms with Crippen molar-refractivity contribution in [2.45, 2.75) is 20.8 Å². The van der Waals surface area contributed by atoms with Gasteiger partial charge in [0.15, 0.2) is 0 Å². The van der Waals surface area contributed by atoms with Crippen LogP contribution in [0.25, 0.3) is 10.9 Å². The van der Waals surface area contributed by atoms with Gasteiger partial charge < -0.3 is 5.32 Å². The Kier molecular flexibility index (Phi) is 3.15. The highest BCUT2D eigenvalue weighted by Gasteiger charge is 2.06. The summed E-state index contributed by atoms with van der Waals surface area (Å²) in [5, 5.41) is 4.48. The van der Waals surface area contributed by atoms with Crippen LogP contribution in [0.5, 0.6) is 0 Å². The van der Waals surface area contributed by atoms with Crippen LogP contribution in [0.2, 0.25) is 0 Å². The topological polar surface area (TPSA) is 24.9 Å². The number of nitrogens with one attached hydrogen (secondary N) is 1. The fourth-order valence-corrected chi connectivity index (χ4v) is 2.13. The van der Waals surface area contributed by atoms with Gasteiger partial charge in [-0.15, -0.1) is 0 Å². The lowest BCUT2D eigenvalue weighted by molar-refractivity contribution is 1.15. The third-order valence-corrected chi connectivity index (χ3v) is 3.57. The van der Waals surface area contributed by atoms with E-state index in [0.29, 0.717) is 0 Å². The van der Waals surface area contributed by atoms with E-state index in [1.165, 1.54) is 16.5 Å². The standard InChI is InChI=1S/C13H15BrN2/c1-4-15-13-8(2)7-10-5-6-11(14)9(3)12(10)16-13/h5-7H,4H2,1-3H3,(H,15,16). The van der Waals surface area contributed by atoms with Crippen LogP contribution in [0.4, 0.5) is 5.82 Å². The SMILES string of the molecule is CCNc1nc2c(C)c(Br)ccc2cc1C. The summed E-state index contributed by atoms with van der Waals surface area (Å²) in [4.78, 5) is 4.68. The van der Waals surface area contributed by atoms with Crippen molar-refractivity contribution in [2.75, 3.05) is 11.9 Å². The van der Waals surface area contributed by atoms with Crippen molar-refractivity contribution in [1.82, 2.24) is 4.98 Å². The van der Waals surface area contributed by atoms with Crippen molar-refractivity contribution in [3.8, 4) is 0 Å². The molecule has 0 saturated carbocycles. The Labute approximate surface area is 104 Å². The zero-order valence-electron chi connectivity index (χ0n) is 9.76. The molecular weight excluding hydrogens is 264 g/mol. The molecule has 0 bridgehead atoms. The van der Waals surface area contributed by atoms with Crippen LogP contribution < -0.4 is 5.32 Å². The largest absolute Gasteiger partial charge is 0.370 e. The van der Waals surface area contributed by atoms with Crippen molar-refractivity contribution in [3.63, 3.8) is 0 Å². The number of halogens is 1. The van der Waals surface area contributed by atoms with E-state index in [1.807, 2.05) is 0 Å². The first-order chi connectivity index (χ1) is 7.63. The summed E-state index contributed by atoms with van der Waals surface area (Å²) < 4.78 is 1.11. The van der Waals surface area contributed by atoms with Gasteiger partial charge in [-0.1, -0.05) is 22.0 Å². The first kappa shape index (κ1) is 11.4. The maximum Gasteiger partial charge on any atom is 0.129 e. The molecular formula is C13H15BrN2. The van der Waals surface area contributed by atoms with Gasteiger partial charge >= 0.3 is 0 Å². The van der Waals surface area contributed by atoms with E-state index >= 15 is 0 Å². The smallest absolute Gasteiger partial charge is 0.129 e. The van der Waals surface area contributed by atoms with Crippen molar-refractivity contribution >= 4 is 32.7 Å². The van der Waals surface area contributed by atoms with Gasteiger partial charge in [-0.05, 0) is 44.0 Å². The van der Waals surface area contributed by atoms with E-state index in [4.69, 9.17) is 0 Å². The van der Waals surface area contributed by atoms with Gasteiger partial charge in [0.2, 0.25) is 0 Å². The van der Waals surface area contributed by atoms with Gasteiger partial charge in [-0.2, -0.15) is 0 Å². The second-order valence-corrected chi connectivity index (χ2v) is 4.78. The molecule has 0 aliphatic rings. The van der Waals surface area contributed by atoms with Crippen LogP contribution in [0.15, 0.2) is 22.7 Å². The Bertz CT molecular complexity index is 535. The molecule has 84 valence electrons. The first-order valence-electron chi connectivity index (χ1n) is 5.43. The molecule has 0 atom stereocenters. The quantitative estimate of drug-likeness (QED) is 0.897. The molecule has 0 radical (unpaired) electrons. The first-order valence-corrected chi connectivity index (χ1v) is 6.23. The number of rotatable bonds is 2. The Hall–Kier alpha value is -1.09. The summed E-state index contributed by atoms with van der Waals surface area (Å²) in [5.41, 5.74) is 3.45. The Morgan fingerprint density at radius 1 is 1.31 bits per heavy atom. The second kappa shape index (κ2) is 4.42. The minimum absolute atomic E-state index is 0.895. The molecule has 1 aromatic heterocycles. The zero-order valence-corrected chi connectivity index (χ0v) is 11.4. The second-order valence-electron chi connectivity index (χ2n) is 3.93. The lowest BCUT2D eigenvalue weighted by Gasteiger charge is -2.10. The molecule has 3 heteroatoms. The van der Waals surface area contributed by atoms with Gasteiger partial charge in [-0.25, -0.2) is 4.98 Å². The summed E-state index contributed by atoms with van der Waals surface area (Å²) >= 11 is 3.54. The predicted molar refractivity (Wildman–Crippen MR) is 73.1 cm³/mol. The van der Waals surface area contributed by atoms with Crippen LogP contribution >= 0.6 is 15.9 Å². The van der Waals surface area contributed by atoms with Crippen LogP contribution in [0.3, 0.4) is 0 Å². The van der Waals surface area contributed by atoms with Crippen LogP contribution in [-0.2, 0) is 0 Å². The predicted octanol–water partition coefficient (Wildman–Crippen LogP) is 4.05. The van der Waals surface area contributed by atoms with Gasteiger partial charge in [0, 0.05) is 16.4 Å². The fraction of sp³-hybridized carbons (Fsp3) is 0.308. The van der Waals surface area contributed by atoms with Crippen LogP contribution in [-0.4, -0.2) is 11.5 Å². The maximum absolute atomic E-state index is 4.68. The molecule has 1 N–H and O–H groups in total. The molecule has 0 amide bonds. The Morgan fingerprint density at radius 3 is 2.75 bits per heavy atom. The number of aryl methyl sites for hydroxylation is 2. The molecule has 0 saturated heterocycles. The molecule has 0 spiro atoms. The van der Waals surface area contributed by atoms with Crippen molar-refractivity contribution in [1.29, 1.82) is 0 Å². The average Bonchev–Trinajstić information content (AvgIpc) is 2.26. The number of benzene rings is 1. The lowest BCUT2D eigenvalue weighted by atomic mass is 10.1. The molecule has 2 nitrogen and oxygen atoms in total. The summed E-state index contributed by atoms with van der Waals surface area (Å²) in [6, 6.07) is 6.35. The van der Waals surface area contributed by atoms with E-state index in [1.54, 1.807) is 0 Å². The number of hydrogen-bond acceptors (Lipinski definition) is 2. The Balaban J connectivity index is 2.70. The van der Waals surface area contributed by atoms with Gasteiger partial charge in [0.1, 0.15) is 5.82 Å². The molecule has 0 aliphatic heterocycles. The monoisotopic (exact) mass is 278 g/mol. The summed E-state index contributed by atoms with van der Waals surface area (Å²) in [5.74, 6) is 0.983. The maximum atomic E-state index is 4.68. The number of fused-ring (bicyclic) bond motifs is 1. The molecule has 16 heavy (non-hydrogen) atoms. The van der Waals surface area contributed by atoms with Gasteiger partial charge in [0.25, 0.3) is 0 Å². The summed E-state index contributed by atoms with van der Waals surface area (Å²) in [7, 11) is 0. The lowest BCUT2D eigenvalue weighted by Crippen LogP contribution is -2.02. The highest BCUT2D eigenvalue weighted by Crippen LogP contribution is 2.27. The molecule has 1 heterocycles. The van der Waals surface area contributed by atoms with E-state index < -0.39 is 0 Å². The van der Waals surface area contributed by atoms with E-state index in [-0.39, 0.29) is 0 Å². The fourth-order valence-electron chi connectivity index (χ4n) is 1.81. The molecule has 0 fully saturated rings. The average molecular weight is 279 g/mol. The third-order valence-electron chi connectivity index (χ3n) is 2.71. The number of anilines is 1. The number of aromatic nitrogens is 1. The highest BCUT2D eigenvalue weighted by atomic mass is 79.9. The number of pyridine rings is 1. The molecule has 0 unspecified atom stereocenters. The number of nitrogens with zero attached hydrogens (tertiary/aromatic N) is 1. The molecule has 2 rings (SSSR count). The highest BCUT2D eigenvalue weighted by molar-refractivity contribution is 9.10. The summed E-state index contributed by atoms with van der Waals surface area (Å²) in [6.07, 6.45) is 0. The molecule has 2 aromatic rings. The van der Waals surface area contributed by atoms with Crippen LogP contribution in [0, 0.1) is 13.8 Å². The third kappa shape index (κ3) is 1.92. The van der Waals surface area contributed by atoms with Crippen molar-refractivity contribution in [2.24, 2.45) is 0 Å². The van der Waals surface area contributed by atoms with Crippen LogP contribution in [0.1, 0.15) is 18.1 Å². The Morgan fingerprint density at radius 2 is 2.06 bits per heavy atom. The van der Waals surface area contributed by atoms with Gasteiger partial charge in [-0.3, -0.25) is 0 Å². The zero-order chi connectivity index (χ0) is 11.7. The van der Waals surface area contributed by atoms with E-state index in [9.17, 15) is 0 Å². The molecule has 0 aliphatic carbocycles. The molecule has 1 aromatic carbocycles. The van der Waals surface area contributed by atoms with E-state index in [0.717, 1.165) is 22.4 Å². The van der Waals surface area contributed by atoms with E-state index in [2.05, 4.69) is 65.2 Å². The number of hydrogen-bond donors (Lipinski definition) is 1. The van der Waals surface area contributed by atoms with Crippen molar-refractivity contribution < 1.29 is 0 Å². The van der Waals surface area contributed by atoms with Crippen molar-refractivity contribution in [3.05, 3.63) is 33.8 Å². The summed E-state index contributed by atoms with van der Waals surface area (Å²) in [6.45, 7) is 7.15.